The summed E-state index contributed by atoms with van der Waals surface area (Å²) in [7, 11) is 2.10. The summed E-state index contributed by atoms with van der Waals surface area (Å²) in [4.78, 5) is 22.1. The van der Waals surface area contributed by atoms with Crippen LogP contribution in [0.4, 0.5) is 0 Å². The Morgan fingerprint density at radius 3 is 2.46 bits per heavy atom. The van der Waals surface area contributed by atoms with Crippen LogP contribution in [0.2, 0.25) is 0 Å². The molecule has 1 aliphatic heterocycles. The average molecular weight is 332 g/mol. The highest BCUT2D eigenvalue weighted by Crippen LogP contribution is 2.26. The van der Waals surface area contributed by atoms with Crippen LogP contribution in [0.1, 0.15) is 55.7 Å². The summed E-state index contributed by atoms with van der Waals surface area (Å²) >= 11 is 0. The number of aromatic nitrogens is 2. The van der Waals surface area contributed by atoms with E-state index in [1.165, 1.54) is 25.0 Å². The number of carbonyl (C=O) groups excluding carboxylic acids is 1. The molecule has 1 saturated carbocycles. The first kappa shape index (κ1) is 17.5. The predicted octanol–water partition coefficient (Wildman–Crippen LogP) is 2.65. The van der Waals surface area contributed by atoms with Gasteiger partial charge in [-0.25, -0.2) is 4.98 Å². The topological polar surface area (TPSA) is 41.4 Å². The highest BCUT2D eigenvalue weighted by atomic mass is 16.2. The SMILES string of the molecule is Cc1nc(CN2CCCN(C(=O)C3CCCCC3)CC2)n(C)c1C. The van der Waals surface area contributed by atoms with E-state index in [1.54, 1.807) is 0 Å². The van der Waals surface area contributed by atoms with E-state index in [-0.39, 0.29) is 0 Å². The van der Waals surface area contributed by atoms with Gasteiger partial charge in [-0.3, -0.25) is 9.69 Å². The zero-order chi connectivity index (χ0) is 17.1. The Morgan fingerprint density at radius 2 is 1.79 bits per heavy atom. The van der Waals surface area contributed by atoms with E-state index in [0.717, 1.165) is 63.5 Å². The first-order chi connectivity index (χ1) is 11.6. The first-order valence-electron chi connectivity index (χ1n) is 9.56. The molecule has 0 spiro atoms. The smallest absolute Gasteiger partial charge is 0.225 e. The summed E-state index contributed by atoms with van der Waals surface area (Å²) in [5, 5.41) is 0. The Morgan fingerprint density at radius 1 is 1.04 bits per heavy atom. The minimum atomic E-state index is 0.296. The molecule has 1 saturated heterocycles. The van der Waals surface area contributed by atoms with Gasteiger partial charge >= 0.3 is 0 Å². The summed E-state index contributed by atoms with van der Waals surface area (Å²) < 4.78 is 2.20. The maximum atomic E-state index is 12.8. The number of hydrogen-bond acceptors (Lipinski definition) is 3. The van der Waals surface area contributed by atoms with E-state index in [9.17, 15) is 4.79 Å². The lowest BCUT2D eigenvalue weighted by molar-refractivity contribution is -0.136. The van der Waals surface area contributed by atoms with E-state index in [1.807, 2.05) is 0 Å². The standard InChI is InChI=1S/C19H32N4O/c1-15-16(2)21(3)18(20-15)14-22-10-7-11-23(13-12-22)19(24)17-8-5-4-6-9-17/h17H,4-14H2,1-3H3. The van der Waals surface area contributed by atoms with Gasteiger partial charge in [0.05, 0.1) is 12.2 Å². The number of imidazole rings is 1. The fourth-order valence-electron chi connectivity index (χ4n) is 4.08. The summed E-state index contributed by atoms with van der Waals surface area (Å²) in [6.07, 6.45) is 7.04. The highest BCUT2D eigenvalue weighted by molar-refractivity contribution is 5.79. The van der Waals surface area contributed by atoms with Crippen molar-refractivity contribution in [3.05, 3.63) is 17.2 Å². The van der Waals surface area contributed by atoms with E-state index in [2.05, 4.69) is 35.3 Å². The van der Waals surface area contributed by atoms with Gasteiger partial charge in [-0.2, -0.15) is 0 Å². The third-order valence-corrected chi connectivity index (χ3v) is 5.93. The van der Waals surface area contributed by atoms with E-state index < -0.39 is 0 Å². The second kappa shape index (κ2) is 7.68. The fraction of sp³-hybridized carbons (Fsp3) is 0.789. The quantitative estimate of drug-likeness (QED) is 0.854. The molecule has 0 bridgehead atoms. The summed E-state index contributed by atoms with van der Waals surface area (Å²) in [5.41, 5.74) is 2.37. The number of rotatable bonds is 3. The van der Waals surface area contributed by atoms with Gasteiger partial charge in [0.1, 0.15) is 5.82 Å². The van der Waals surface area contributed by atoms with Crippen LogP contribution in [0.15, 0.2) is 0 Å². The van der Waals surface area contributed by atoms with Gasteiger partial charge in [0.25, 0.3) is 0 Å². The lowest BCUT2D eigenvalue weighted by Crippen LogP contribution is -2.39. The molecule has 3 rings (SSSR count). The zero-order valence-electron chi connectivity index (χ0n) is 15.6. The van der Waals surface area contributed by atoms with Crippen molar-refractivity contribution >= 4 is 5.91 Å². The molecule has 2 aliphatic rings. The fourth-order valence-corrected chi connectivity index (χ4v) is 4.08. The average Bonchev–Trinajstić information content (AvgIpc) is 2.78. The highest BCUT2D eigenvalue weighted by Gasteiger charge is 2.27. The number of aryl methyl sites for hydroxylation is 1. The van der Waals surface area contributed by atoms with Crippen molar-refractivity contribution in [2.75, 3.05) is 26.2 Å². The molecule has 0 unspecified atom stereocenters. The van der Waals surface area contributed by atoms with Crippen molar-refractivity contribution in [2.45, 2.75) is 58.9 Å². The van der Waals surface area contributed by atoms with E-state index in [0.29, 0.717) is 11.8 Å². The van der Waals surface area contributed by atoms with Crippen molar-refractivity contribution in [1.29, 1.82) is 0 Å². The molecule has 5 heteroatoms. The zero-order valence-corrected chi connectivity index (χ0v) is 15.6. The van der Waals surface area contributed by atoms with Crippen LogP contribution in [-0.4, -0.2) is 51.4 Å². The van der Waals surface area contributed by atoms with Gasteiger partial charge in [0, 0.05) is 44.8 Å². The Labute approximate surface area is 146 Å². The van der Waals surface area contributed by atoms with Gasteiger partial charge in [-0.1, -0.05) is 19.3 Å². The van der Waals surface area contributed by atoms with Crippen LogP contribution >= 0.6 is 0 Å². The maximum absolute atomic E-state index is 12.8. The largest absolute Gasteiger partial charge is 0.341 e. The monoisotopic (exact) mass is 332 g/mol. The molecule has 0 aromatic carbocycles. The normalized spacial score (nSPS) is 21.0. The minimum Gasteiger partial charge on any atom is -0.341 e. The molecule has 134 valence electrons. The molecule has 2 heterocycles. The molecule has 1 aliphatic carbocycles. The Bertz CT molecular complexity index is 574. The molecule has 2 fully saturated rings. The first-order valence-corrected chi connectivity index (χ1v) is 9.56. The van der Waals surface area contributed by atoms with Crippen molar-refractivity contribution in [1.82, 2.24) is 19.4 Å². The summed E-state index contributed by atoms with van der Waals surface area (Å²) in [6, 6.07) is 0. The summed E-state index contributed by atoms with van der Waals surface area (Å²) in [5.74, 6) is 1.85. The molecular weight excluding hydrogens is 300 g/mol. The third-order valence-electron chi connectivity index (χ3n) is 5.93. The number of amides is 1. The van der Waals surface area contributed by atoms with Crippen LogP contribution in [-0.2, 0) is 18.4 Å². The second-order valence-electron chi connectivity index (χ2n) is 7.55. The number of carbonyl (C=O) groups is 1. The van der Waals surface area contributed by atoms with Crippen molar-refractivity contribution < 1.29 is 4.79 Å². The molecule has 0 radical (unpaired) electrons. The van der Waals surface area contributed by atoms with Gasteiger partial charge < -0.3 is 9.47 Å². The maximum Gasteiger partial charge on any atom is 0.225 e. The molecule has 1 aromatic rings. The van der Waals surface area contributed by atoms with Gasteiger partial charge in [-0.05, 0) is 33.1 Å². The van der Waals surface area contributed by atoms with Crippen LogP contribution in [0.5, 0.6) is 0 Å². The van der Waals surface area contributed by atoms with E-state index in [4.69, 9.17) is 4.98 Å². The Balaban J connectivity index is 1.56. The van der Waals surface area contributed by atoms with Crippen LogP contribution in [0, 0.1) is 19.8 Å². The molecule has 5 nitrogen and oxygen atoms in total. The molecule has 0 atom stereocenters. The van der Waals surface area contributed by atoms with Crippen LogP contribution in [0.25, 0.3) is 0 Å². The third kappa shape index (κ3) is 3.82. The second-order valence-corrected chi connectivity index (χ2v) is 7.55. The molecule has 0 N–H and O–H groups in total. The van der Waals surface area contributed by atoms with Crippen molar-refractivity contribution in [3.63, 3.8) is 0 Å². The van der Waals surface area contributed by atoms with Gasteiger partial charge in [-0.15, -0.1) is 0 Å². The van der Waals surface area contributed by atoms with Crippen molar-refractivity contribution in [2.24, 2.45) is 13.0 Å². The predicted molar refractivity (Wildman–Crippen MR) is 95.7 cm³/mol. The van der Waals surface area contributed by atoms with Crippen LogP contribution < -0.4 is 0 Å². The molecule has 1 aromatic heterocycles. The van der Waals surface area contributed by atoms with Crippen molar-refractivity contribution in [3.8, 4) is 0 Å². The van der Waals surface area contributed by atoms with E-state index >= 15 is 0 Å². The lowest BCUT2D eigenvalue weighted by atomic mass is 9.88. The number of hydrogen-bond donors (Lipinski definition) is 0. The summed E-state index contributed by atoms with van der Waals surface area (Å²) in [6.45, 7) is 8.90. The Kier molecular flexibility index (Phi) is 5.59. The van der Waals surface area contributed by atoms with Gasteiger partial charge in [0.15, 0.2) is 0 Å². The minimum absolute atomic E-state index is 0.296. The molecule has 24 heavy (non-hydrogen) atoms. The molecular formula is C19H32N4O. The lowest BCUT2D eigenvalue weighted by Gasteiger charge is -2.28. The molecule has 1 amide bonds. The Hall–Kier alpha value is -1.36. The van der Waals surface area contributed by atoms with Gasteiger partial charge in [0.2, 0.25) is 5.91 Å². The van der Waals surface area contributed by atoms with Crippen LogP contribution in [0.3, 0.4) is 0 Å². The number of nitrogens with zero attached hydrogens (tertiary/aromatic N) is 4.